The fourth-order valence-electron chi connectivity index (χ4n) is 13.8. The first kappa shape index (κ1) is 45.2. The SMILES string of the molecule is CCc1c(F)ccc2cc(O)cc(-c3ncc4c(N5CC6CCC(C5)N6)nc(OCC5(CN6CCC7(CC6)CC(N6CC8(CN(c9cc(F)c(C%10CCC(=O)NC%10=O)c(F)c9)C8)C6)C7)CC5)nc4c3F)c12. The van der Waals surface area contributed by atoms with Crippen LogP contribution in [0.4, 0.5) is 29.1 Å². The van der Waals surface area contributed by atoms with Crippen LogP contribution >= 0.6 is 0 Å². The number of phenols is 1. The molecule has 3 unspecified atom stereocenters. The highest BCUT2D eigenvalue weighted by atomic mass is 19.1. The first-order valence-corrected chi connectivity index (χ1v) is 25.7. The summed E-state index contributed by atoms with van der Waals surface area (Å²) in [6, 6.07) is 9.97. The Morgan fingerprint density at radius 1 is 0.845 bits per heavy atom. The number of hydrogen-bond donors (Lipinski definition) is 3. The number of anilines is 2. The molecule has 6 aliphatic heterocycles. The summed E-state index contributed by atoms with van der Waals surface area (Å²) >= 11 is 0. The number of rotatable bonds is 11. The third-order valence-electron chi connectivity index (χ3n) is 17.9. The van der Waals surface area contributed by atoms with Gasteiger partial charge in [-0.15, -0.1) is 0 Å². The normalized spacial score (nSPS) is 25.7. The van der Waals surface area contributed by atoms with E-state index in [4.69, 9.17) is 14.7 Å². The van der Waals surface area contributed by atoms with Crippen LogP contribution in [0.5, 0.6) is 11.8 Å². The Morgan fingerprint density at radius 3 is 2.27 bits per heavy atom. The number of pyridine rings is 1. The number of carbonyl (C=O) groups excluding carboxylic acids is 2. The van der Waals surface area contributed by atoms with Crippen molar-refractivity contribution in [2.45, 2.75) is 102 Å². The third kappa shape index (κ3) is 7.86. The molecule has 3 atom stereocenters. The number of fused-ring (bicyclic) bond motifs is 4. The third-order valence-corrected chi connectivity index (χ3v) is 17.9. The Balaban J connectivity index is 0.641. The summed E-state index contributed by atoms with van der Waals surface area (Å²) in [5.41, 5.74) is 1.53. The minimum atomic E-state index is -1.00. The molecule has 8 aliphatic rings. The van der Waals surface area contributed by atoms with Gasteiger partial charge in [0.2, 0.25) is 11.8 Å². The summed E-state index contributed by atoms with van der Waals surface area (Å²) in [7, 11) is 0. The number of carbonyl (C=O) groups is 2. The number of aromatic nitrogens is 3. The van der Waals surface area contributed by atoms with Gasteiger partial charge in [-0.1, -0.05) is 13.0 Å². The van der Waals surface area contributed by atoms with E-state index in [0.717, 1.165) is 84.6 Å². The number of nitrogens with one attached hydrogen (secondary N) is 2. The molecule has 2 saturated carbocycles. The van der Waals surface area contributed by atoms with Gasteiger partial charge in [-0.05, 0) is 129 Å². The molecule has 2 spiro atoms. The number of imide groups is 1. The number of piperidine rings is 2. The Bertz CT molecular complexity index is 2980. The van der Waals surface area contributed by atoms with Crippen LogP contribution in [-0.2, 0) is 16.0 Å². The highest BCUT2D eigenvalue weighted by Gasteiger charge is 2.58. The second kappa shape index (κ2) is 16.7. The Kier molecular flexibility index (Phi) is 10.6. The number of aromatic hydroxyl groups is 1. The minimum absolute atomic E-state index is 0.0142. The van der Waals surface area contributed by atoms with Gasteiger partial charge < -0.3 is 29.9 Å². The summed E-state index contributed by atoms with van der Waals surface area (Å²) in [6.07, 6.45) is 11.1. The summed E-state index contributed by atoms with van der Waals surface area (Å²) in [5, 5.41) is 18.2. The maximum Gasteiger partial charge on any atom is 0.319 e. The number of amides is 2. The van der Waals surface area contributed by atoms with Crippen molar-refractivity contribution >= 4 is 45.0 Å². The monoisotopic (exact) mass is 973 g/mol. The van der Waals surface area contributed by atoms with Crippen LogP contribution in [0, 0.1) is 39.5 Å². The second-order valence-corrected chi connectivity index (χ2v) is 22.7. The lowest BCUT2D eigenvalue weighted by atomic mass is 9.58. The maximum absolute atomic E-state index is 17.2. The predicted molar refractivity (Wildman–Crippen MR) is 259 cm³/mol. The molecule has 2 amide bonds. The van der Waals surface area contributed by atoms with Crippen molar-refractivity contribution in [3.8, 4) is 23.0 Å². The van der Waals surface area contributed by atoms with E-state index >= 15 is 17.6 Å². The van der Waals surface area contributed by atoms with Gasteiger partial charge in [-0.2, -0.15) is 9.97 Å². The lowest BCUT2D eigenvalue weighted by Crippen LogP contribution is -2.75. The number of piperazine rings is 1. The van der Waals surface area contributed by atoms with E-state index in [1.54, 1.807) is 18.3 Å². The van der Waals surface area contributed by atoms with Crippen molar-refractivity contribution in [2.75, 3.05) is 75.3 Å². The molecule has 372 valence electrons. The van der Waals surface area contributed by atoms with Crippen molar-refractivity contribution in [3.63, 3.8) is 0 Å². The molecule has 13 nitrogen and oxygen atoms in total. The zero-order chi connectivity index (χ0) is 48.6. The number of nitrogens with zero attached hydrogens (tertiary/aromatic N) is 7. The molecule has 71 heavy (non-hydrogen) atoms. The summed E-state index contributed by atoms with van der Waals surface area (Å²) in [4.78, 5) is 47.7. The maximum atomic E-state index is 17.2. The molecule has 2 bridgehead atoms. The van der Waals surface area contributed by atoms with Gasteiger partial charge in [0.1, 0.15) is 40.2 Å². The zero-order valence-corrected chi connectivity index (χ0v) is 40.0. The molecule has 8 heterocycles. The minimum Gasteiger partial charge on any atom is -0.508 e. The van der Waals surface area contributed by atoms with Crippen molar-refractivity contribution in [1.29, 1.82) is 0 Å². The van der Waals surface area contributed by atoms with Gasteiger partial charge in [0, 0.05) is 104 Å². The summed E-state index contributed by atoms with van der Waals surface area (Å²) < 4.78 is 69.4. The topological polar surface area (TPSA) is 139 Å². The van der Waals surface area contributed by atoms with E-state index in [-0.39, 0.29) is 52.2 Å². The van der Waals surface area contributed by atoms with Gasteiger partial charge in [-0.3, -0.25) is 24.8 Å². The van der Waals surface area contributed by atoms with Crippen LogP contribution in [0.15, 0.2) is 42.6 Å². The fourth-order valence-corrected chi connectivity index (χ4v) is 13.8. The molecule has 17 heteroatoms. The van der Waals surface area contributed by atoms with Crippen molar-refractivity contribution in [2.24, 2.45) is 16.2 Å². The average molecular weight is 974 g/mol. The average Bonchev–Trinajstić information content (AvgIpc) is 4.00. The van der Waals surface area contributed by atoms with E-state index in [1.807, 2.05) is 11.8 Å². The Morgan fingerprint density at radius 2 is 1.58 bits per heavy atom. The zero-order valence-electron chi connectivity index (χ0n) is 40.0. The Hall–Kier alpha value is -5.65. The number of halogens is 4. The highest BCUT2D eigenvalue weighted by molar-refractivity contribution is 6.02. The van der Waals surface area contributed by atoms with Crippen molar-refractivity contribution < 1.29 is 37.0 Å². The molecule has 13 rings (SSSR count). The van der Waals surface area contributed by atoms with E-state index in [1.165, 1.54) is 49.9 Å². The van der Waals surface area contributed by atoms with E-state index in [9.17, 15) is 14.7 Å². The van der Waals surface area contributed by atoms with Crippen molar-refractivity contribution in [1.82, 2.24) is 35.4 Å². The van der Waals surface area contributed by atoms with Crippen LogP contribution in [0.3, 0.4) is 0 Å². The van der Waals surface area contributed by atoms with Crippen LogP contribution in [0.2, 0.25) is 0 Å². The molecule has 6 saturated heterocycles. The number of likely N-dealkylation sites (tertiary alicyclic amines) is 2. The number of ether oxygens (including phenoxy) is 1. The van der Waals surface area contributed by atoms with E-state index in [2.05, 4.69) is 30.3 Å². The lowest BCUT2D eigenvalue weighted by molar-refractivity contribution is -0.134. The number of hydrogen-bond acceptors (Lipinski definition) is 12. The van der Waals surface area contributed by atoms with Gasteiger partial charge in [-0.25, -0.2) is 17.6 Å². The molecular formula is C54H59F4N9O4. The van der Waals surface area contributed by atoms with Crippen molar-refractivity contribution in [3.05, 3.63) is 77.0 Å². The highest BCUT2D eigenvalue weighted by Crippen LogP contribution is 2.56. The van der Waals surface area contributed by atoms with Gasteiger partial charge in [0.25, 0.3) is 0 Å². The molecule has 0 radical (unpaired) electrons. The molecule has 3 aromatic carbocycles. The largest absolute Gasteiger partial charge is 0.508 e. The predicted octanol–water partition coefficient (Wildman–Crippen LogP) is 7.36. The lowest BCUT2D eigenvalue weighted by Gasteiger charge is -2.66. The number of phenolic OH excluding ortho intramolecular Hbond substituents is 1. The van der Waals surface area contributed by atoms with Gasteiger partial charge >= 0.3 is 6.01 Å². The quantitative estimate of drug-likeness (QED) is 0.0901. The number of benzene rings is 3. The number of aryl methyl sites for hydroxylation is 1. The fraction of sp³-hybridized carbons (Fsp3) is 0.537. The first-order chi connectivity index (χ1) is 34.2. The van der Waals surface area contributed by atoms with E-state index in [0.29, 0.717) is 75.4 Å². The first-order valence-electron chi connectivity index (χ1n) is 25.7. The smallest absolute Gasteiger partial charge is 0.319 e. The van der Waals surface area contributed by atoms with Crippen LogP contribution in [-0.4, -0.2) is 125 Å². The molecular weight excluding hydrogens is 915 g/mol. The standard InChI is InChI=1S/C54H59F4N9O4/c1-2-36-40(55)7-3-30-15-35(68)18-38(44(30)36)47-46(58)48-39(21-59-47)49(65-22-31-4-5-32(23-65)60-31)63-51(62-48)71-29-53(9-10-53)24-64-13-11-52(12-14-64)19-34(20-52)67-27-54(28-67)25-66(26-54)33-16-41(56)45(42(57)17-33)37-6-8-43(69)61-50(37)70/h3,7,15-18,21,31-32,34,37,60,68H,2,4-6,8-14,19-20,22-29H2,1H3,(H,61,69,70). The summed E-state index contributed by atoms with van der Waals surface area (Å²) in [6.45, 7) is 10.2. The van der Waals surface area contributed by atoms with Gasteiger partial charge in [0.05, 0.1) is 17.9 Å². The second-order valence-electron chi connectivity index (χ2n) is 22.7. The molecule has 2 aromatic heterocycles. The Labute approximate surface area is 409 Å². The van der Waals surface area contributed by atoms with Gasteiger partial charge in [0.15, 0.2) is 5.82 Å². The van der Waals surface area contributed by atoms with Crippen LogP contribution in [0.1, 0.15) is 88.2 Å². The molecule has 2 aliphatic carbocycles. The molecule has 8 fully saturated rings. The summed E-state index contributed by atoms with van der Waals surface area (Å²) in [5.74, 6) is -4.07. The molecule has 5 aromatic rings. The van der Waals surface area contributed by atoms with Crippen LogP contribution < -0.4 is 25.2 Å². The molecule has 3 N–H and O–H groups in total. The van der Waals surface area contributed by atoms with Crippen LogP contribution in [0.25, 0.3) is 32.9 Å². The van der Waals surface area contributed by atoms with E-state index < -0.39 is 41.0 Å².